The van der Waals surface area contributed by atoms with Gasteiger partial charge in [0.15, 0.2) is 0 Å². The summed E-state index contributed by atoms with van der Waals surface area (Å²) in [6.07, 6.45) is 0.772. The fraction of sp³-hybridized carbons (Fsp3) is 0.200. The van der Waals surface area contributed by atoms with E-state index in [-0.39, 0.29) is 0 Å². The van der Waals surface area contributed by atoms with Crippen LogP contribution in [-0.4, -0.2) is 19.3 Å². The van der Waals surface area contributed by atoms with Crippen molar-refractivity contribution in [1.82, 2.24) is 4.31 Å². The molecule has 0 atom stereocenters. The van der Waals surface area contributed by atoms with Gasteiger partial charge in [-0.1, -0.05) is 36.4 Å². The van der Waals surface area contributed by atoms with E-state index >= 15 is 0 Å². The third-order valence-corrected chi connectivity index (χ3v) is 5.28. The first-order chi connectivity index (χ1) is 9.18. The second-order valence-corrected chi connectivity index (χ2v) is 6.53. The second-order valence-electron chi connectivity index (χ2n) is 4.59. The van der Waals surface area contributed by atoms with Crippen molar-refractivity contribution in [2.45, 2.75) is 17.9 Å². The van der Waals surface area contributed by atoms with Gasteiger partial charge in [-0.3, -0.25) is 0 Å². The molecule has 4 heteroatoms. The van der Waals surface area contributed by atoms with Crippen LogP contribution in [0.15, 0.2) is 53.4 Å². The van der Waals surface area contributed by atoms with E-state index in [9.17, 15) is 8.42 Å². The number of fused-ring (bicyclic) bond motifs is 1. The van der Waals surface area contributed by atoms with Crippen molar-refractivity contribution in [3.8, 4) is 0 Å². The van der Waals surface area contributed by atoms with Gasteiger partial charge in [0, 0.05) is 13.1 Å². The van der Waals surface area contributed by atoms with E-state index in [2.05, 4.69) is 12.1 Å². The second kappa shape index (κ2) is 4.79. The first kappa shape index (κ1) is 12.4. The number of rotatable bonds is 2. The monoisotopic (exact) mass is 272 g/mol. The summed E-state index contributed by atoms with van der Waals surface area (Å²) in [4.78, 5) is 0.339. The molecule has 0 amide bonds. The van der Waals surface area contributed by atoms with E-state index in [1.807, 2.05) is 18.2 Å². The number of nitrogens with zero attached hydrogens (tertiary/aromatic N) is 1. The first-order valence-corrected chi connectivity index (χ1v) is 7.65. The SMILES string of the molecule is O=S(=O)(c1cc[c]cc1)N1CCc2ccccc2C1. The summed E-state index contributed by atoms with van der Waals surface area (Å²) in [6, 6.07) is 17.3. The minimum Gasteiger partial charge on any atom is -0.207 e. The van der Waals surface area contributed by atoms with Gasteiger partial charge in [0.05, 0.1) is 4.90 Å². The molecule has 0 aromatic heterocycles. The summed E-state index contributed by atoms with van der Waals surface area (Å²) in [5, 5.41) is 0. The van der Waals surface area contributed by atoms with Crippen LogP contribution in [0.1, 0.15) is 11.1 Å². The van der Waals surface area contributed by atoms with Crippen LogP contribution in [0.2, 0.25) is 0 Å². The normalized spacial score (nSPS) is 16.0. The van der Waals surface area contributed by atoms with Crippen molar-refractivity contribution in [3.63, 3.8) is 0 Å². The number of hydrogen-bond donors (Lipinski definition) is 0. The van der Waals surface area contributed by atoms with Crippen LogP contribution in [0.25, 0.3) is 0 Å². The maximum atomic E-state index is 12.5. The lowest BCUT2D eigenvalue weighted by atomic mass is 10.0. The van der Waals surface area contributed by atoms with Crippen LogP contribution < -0.4 is 0 Å². The maximum absolute atomic E-state index is 12.5. The zero-order valence-electron chi connectivity index (χ0n) is 10.4. The molecule has 3 rings (SSSR count). The van der Waals surface area contributed by atoms with Crippen LogP contribution >= 0.6 is 0 Å². The summed E-state index contributed by atoms with van der Waals surface area (Å²) in [5.74, 6) is 0. The molecule has 1 radical (unpaired) electrons. The van der Waals surface area contributed by atoms with Crippen LogP contribution in [0.3, 0.4) is 0 Å². The largest absolute Gasteiger partial charge is 0.243 e. The molecule has 1 aliphatic heterocycles. The highest BCUT2D eigenvalue weighted by atomic mass is 32.2. The van der Waals surface area contributed by atoms with Gasteiger partial charge in [-0.15, -0.1) is 0 Å². The average molecular weight is 272 g/mol. The van der Waals surface area contributed by atoms with Crippen molar-refractivity contribution >= 4 is 10.0 Å². The molecular weight excluding hydrogens is 258 g/mol. The zero-order valence-corrected chi connectivity index (χ0v) is 11.2. The standard InChI is InChI=1S/C15H14NO2S/c17-19(18,15-8-2-1-3-9-15)16-11-10-13-6-4-5-7-14(13)12-16/h2-9H,10-12H2. The molecule has 0 N–H and O–H groups in total. The first-order valence-electron chi connectivity index (χ1n) is 6.21. The van der Waals surface area contributed by atoms with E-state index in [1.54, 1.807) is 28.6 Å². The predicted molar refractivity (Wildman–Crippen MR) is 73.0 cm³/mol. The molecule has 2 aromatic rings. The molecule has 0 spiro atoms. The molecular formula is C15H14NO2S. The molecule has 0 aliphatic carbocycles. The summed E-state index contributed by atoms with van der Waals surface area (Å²) in [6.45, 7) is 0.995. The lowest BCUT2D eigenvalue weighted by Crippen LogP contribution is -2.35. The third kappa shape index (κ3) is 2.29. The topological polar surface area (TPSA) is 37.4 Å². The highest BCUT2D eigenvalue weighted by molar-refractivity contribution is 7.89. The van der Waals surface area contributed by atoms with Gasteiger partial charge in [-0.2, -0.15) is 4.31 Å². The quantitative estimate of drug-likeness (QED) is 0.840. The van der Waals surface area contributed by atoms with E-state index in [0.29, 0.717) is 18.0 Å². The van der Waals surface area contributed by atoms with Crippen molar-refractivity contribution in [2.24, 2.45) is 0 Å². The van der Waals surface area contributed by atoms with E-state index < -0.39 is 10.0 Å². The number of hydrogen-bond acceptors (Lipinski definition) is 2. The average Bonchev–Trinajstić information content (AvgIpc) is 2.47. The van der Waals surface area contributed by atoms with Crippen LogP contribution in [0.5, 0.6) is 0 Å². The van der Waals surface area contributed by atoms with Gasteiger partial charge in [0.25, 0.3) is 0 Å². The van der Waals surface area contributed by atoms with E-state index in [1.165, 1.54) is 5.56 Å². The third-order valence-electron chi connectivity index (χ3n) is 3.42. The highest BCUT2D eigenvalue weighted by Crippen LogP contribution is 2.24. The molecule has 1 aliphatic rings. The van der Waals surface area contributed by atoms with Gasteiger partial charge >= 0.3 is 0 Å². The van der Waals surface area contributed by atoms with Crippen LogP contribution in [0, 0.1) is 6.07 Å². The Morgan fingerprint density at radius 3 is 2.42 bits per heavy atom. The number of sulfonamides is 1. The Hall–Kier alpha value is -1.65. The summed E-state index contributed by atoms with van der Waals surface area (Å²) in [7, 11) is -3.39. The molecule has 0 bridgehead atoms. The van der Waals surface area contributed by atoms with Gasteiger partial charge in [0.2, 0.25) is 10.0 Å². The Bertz CT molecular complexity index is 680. The Kier molecular flexibility index (Phi) is 3.12. The highest BCUT2D eigenvalue weighted by Gasteiger charge is 2.27. The van der Waals surface area contributed by atoms with Gasteiger partial charge in [-0.25, -0.2) is 8.42 Å². The molecule has 0 unspecified atom stereocenters. The van der Waals surface area contributed by atoms with Crippen molar-refractivity contribution in [3.05, 3.63) is 65.7 Å². The lowest BCUT2D eigenvalue weighted by molar-refractivity contribution is 0.391. The van der Waals surface area contributed by atoms with Crippen molar-refractivity contribution < 1.29 is 8.42 Å². The number of benzene rings is 2. The predicted octanol–water partition coefficient (Wildman–Crippen LogP) is 2.23. The molecule has 0 saturated heterocycles. The zero-order chi connectivity index (χ0) is 13.3. The van der Waals surface area contributed by atoms with Gasteiger partial charge < -0.3 is 0 Å². The Labute approximate surface area is 113 Å². The fourth-order valence-corrected chi connectivity index (χ4v) is 3.79. The summed E-state index contributed by atoms with van der Waals surface area (Å²) < 4.78 is 26.6. The van der Waals surface area contributed by atoms with Gasteiger partial charge in [0.1, 0.15) is 0 Å². The molecule has 0 fully saturated rings. The van der Waals surface area contributed by atoms with Gasteiger partial charge in [-0.05, 0) is 35.7 Å². The lowest BCUT2D eigenvalue weighted by Gasteiger charge is -2.28. The molecule has 2 aromatic carbocycles. The Morgan fingerprint density at radius 1 is 1.00 bits per heavy atom. The minimum absolute atomic E-state index is 0.339. The molecule has 19 heavy (non-hydrogen) atoms. The Balaban J connectivity index is 1.93. The summed E-state index contributed by atoms with van der Waals surface area (Å²) >= 11 is 0. The Morgan fingerprint density at radius 2 is 1.68 bits per heavy atom. The minimum atomic E-state index is -3.39. The van der Waals surface area contributed by atoms with Crippen LogP contribution in [0.4, 0.5) is 0 Å². The van der Waals surface area contributed by atoms with Crippen molar-refractivity contribution in [1.29, 1.82) is 0 Å². The van der Waals surface area contributed by atoms with Crippen molar-refractivity contribution in [2.75, 3.05) is 6.54 Å². The maximum Gasteiger partial charge on any atom is 0.243 e. The molecule has 1 heterocycles. The fourth-order valence-electron chi connectivity index (χ4n) is 2.37. The van der Waals surface area contributed by atoms with E-state index in [4.69, 9.17) is 0 Å². The molecule has 0 saturated carbocycles. The van der Waals surface area contributed by atoms with E-state index in [0.717, 1.165) is 12.0 Å². The summed E-state index contributed by atoms with van der Waals surface area (Å²) in [5.41, 5.74) is 2.34. The smallest absolute Gasteiger partial charge is 0.207 e. The molecule has 3 nitrogen and oxygen atoms in total. The molecule has 97 valence electrons. The van der Waals surface area contributed by atoms with Crippen LogP contribution in [-0.2, 0) is 23.0 Å².